The highest BCUT2D eigenvalue weighted by atomic mass is 16.7. The Morgan fingerprint density at radius 3 is 2.91 bits per heavy atom. The summed E-state index contributed by atoms with van der Waals surface area (Å²) in [4.78, 5) is 17.1. The van der Waals surface area contributed by atoms with E-state index in [-0.39, 0.29) is 12.5 Å². The molecule has 3 heterocycles. The molecule has 1 aliphatic heterocycles. The van der Waals surface area contributed by atoms with Crippen LogP contribution in [0.4, 0.5) is 5.82 Å². The lowest BCUT2D eigenvalue weighted by Crippen LogP contribution is -2.22. The van der Waals surface area contributed by atoms with E-state index < -0.39 is 0 Å². The number of rotatable bonds is 3. The third kappa shape index (κ3) is 1.97. The van der Waals surface area contributed by atoms with Crippen LogP contribution >= 0.6 is 0 Å². The number of nitrogens with two attached hydrogens (primary N) is 1. The topological polar surface area (TPSA) is 84.3 Å². The van der Waals surface area contributed by atoms with Crippen molar-refractivity contribution in [2.75, 3.05) is 12.5 Å². The fourth-order valence-corrected chi connectivity index (χ4v) is 2.71. The van der Waals surface area contributed by atoms with Crippen LogP contribution in [0.1, 0.15) is 0 Å². The summed E-state index contributed by atoms with van der Waals surface area (Å²) in [5.74, 6) is 1.61. The number of nitrogen functional groups attached to an aromatic ring is 1. The van der Waals surface area contributed by atoms with Crippen LogP contribution in [0.3, 0.4) is 0 Å². The summed E-state index contributed by atoms with van der Waals surface area (Å²) in [7, 11) is 0. The van der Waals surface area contributed by atoms with Gasteiger partial charge in [0.1, 0.15) is 5.82 Å². The molecule has 0 aliphatic carbocycles. The average molecular weight is 310 g/mol. The molecule has 0 radical (unpaired) electrons. The molecule has 7 nitrogen and oxygen atoms in total. The second-order valence-electron chi connectivity index (χ2n) is 5.13. The Morgan fingerprint density at radius 2 is 2.09 bits per heavy atom. The Labute approximate surface area is 131 Å². The van der Waals surface area contributed by atoms with Crippen LogP contribution < -0.4 is 20.9 Å². The SMILES string of the molecule is C=CCn1c(=O)n(-c2ccc3c(c2)OCO3)c2nc(N)ccc21. The zero-order valence-corrected chi connectivity index (χ0v) is 12.2. The number of imidazole rings is 1. The molecule has 1 aromatic carbocycles. The van der Waals surface area contributed by atoms with Crippen LogP contribution in [-0.2, 0) is 6.54 Å². The third-order valence-corrected chi connectivity index (χ3v) is 3.73. The van der Waals surface area contributed by atoms with Gasteiger partial charge in [-0.1, -0.05) is 6.08 Å². The Kier molecular flexibility index (Phi) is 2.87. The molecule has 0 bridgehead atoms. The maximum atomic E-state index is 12.8. The average Bonchev–Trinajstić information content (AvgIpc) is 3.10. The van der Waals surface area contributed by atoms with Crippen molar-refractivity contribution in [3.05, 3.63) is 53.5 Å². The third-order valence-electron chi connectivity index (χ3n) is 3.73. The zero-order chi connectivity index (χ0) is 16.0. The molecule has 2 N–H and O–H groups in total. The molecule has 7 heteroatoms. The van der Waals surface area contributed by atoms with Gasteiger partial charge in [0.15, 0.2) is 17.1 Å². The van der Waals surface area contributed by atoms with Gasteiger partial charge in [0.05, 0.1) is 11.2 Å². The maximum Gasteiger partial charge on any atom is 0.335 e. The number of anilines is 1. The first-order chi connectivity index (χ1) is 11.2. The quantitative estimate of drug-likeness (QED) is 0.744. The molecule has 1 aliphatic rings. The number of nitrogens with zero attached hydrogens (tertiary/aromatic N) is 3. The van der Waals surface area contributed by atoms with E-state index in [4.69, 9.17) is 15.2 Å². The van der Waals surface area contributed by atoms with Crippen molar-refractivity contribution in [1.82, 2.24) is 14.1 Å². The largest absolute Gasteiger partial charge is 0.454 e. The van der Waals surface area contributed by atoms with E-state index >= 15 is 0 Å². The molecule has 23 heavy (non-hydrogen) atoms. The van der Waals surface area contributed by atoms with Gasteiger partial charge >= 0.3 is 5.69 Å². The second kappa shape index (κ2) is 4.91. The highest BCUT2D eigenvalue weighted by molar-refractivity contribution is 5.76. The number of benzene rings is 1. The zero-order valence-electron chi connectivity index (χ0n) is 12.2. The number of allylic oxidation sites excluding steroid dienone is 1. The highest BCUT2D eigenvalue weighted by Gasteiger charge is 2.19. The van der Waals surface area contributed by atoms with Gasteiger partial charge in [-0.3, -0.25) is 4.57 Å². The van der Waals surface area contributed by atoms with Crippen LogP contribution in [0.5, 0.6) is 11.5 Å². The van der Waals surface area contributed by atoms with Crippen molar-refractivity contribution in [1.29, 1.82) is 0 Å². The number of hydrogen-bond donors (Lipinski definition) is 1. The predicted molar refractivity (Wildman–Crippen MR) is 86.1 cm³/mol. The van der Waals surface area contributed by atoms with Gasteiger partial charge in [0.25, 0.3) is 0 Å². The van der Waals surface area contributed by atoms with E-state index in [0.717, 1.165) is 0 Å². The van der Waals surface area contributed by atoms with Gasteiger partial charge in [-0.05, 0) is 24.3 Å². The molecule has 3 aromatic rings. The Bertz CT molecular complexity index is 987. The lowest BCUT2D eigenvalue weighted by atomic mass is 10.2. The molecule has 0 saturated heterocycles. The van der Waals surface area contributed by atoms with Gasteiger partial charge in [-0.25, -0.2) is 14.3 Å². The maximum absolute atomic E-state index is 12.8. The van der Waals surface area contributed by atoms with Crippen molar-refractivity contribution in [2.45, 2.75) is 6.54 Å². The van der Waals surface area contributed by atoms with E-state index in [1.54, 1.807) is 41.0 Å². The van der Waals surface area contributed by atoms with Crippen molar-refractivity contribution >= 4 is 17.0 Å². The summed E-state index contributed by atoms with van der Waals surface area (Å²) in [6.45, 7) is 4.27. The fraction of sp³-hybridized carbons (Fsp3) is 0.125. The molecule has 0 unspecified atom stereocenters. The van der Waals surface area contributed by atoms with Crippen molar-refractivity contribution in [2.24, 2.45) is 0 Å². The van der Waals surface area contributed by atoms with E-state index in [0.29, 0.717) is 40.7 Å². The minimum absolute atomic E-state index is 0.178. The van der Waals surface area contributed by atoms with Crippen LogP contribution in [0.15, 0.2) is 47.8 Å². The molecule has 116 valence electrons. The van der Waals surface area contributed by atoms with Gasteiger partial charge in [-0.15, -0.1) is 6.58 Å². The molecule has 4 rings (SSSR count). The van der Waals surface area contributed by atoms with E-state index in [1.165, 1.54) is 4.57 Å². The highest BCUT2D eigenvalue weighted by Crippen LogP contribution is 2.34. The Hall–Kier alpha value is -3.22. The van der Waals surface area contributed by atoms with E-state index in [1.807, 2.05) is 0 Å². The number of ether oxygens (including phenoxy) is 2. The van der Waals surface area contributed by atoms with Crippen LogP contribution in [-0.4, -0.2) is 20.9 Å². The smallest absolute Gasteiger partial charge is 0.335 e. The predicted octanol–water partition coefficient (Wildman–Crippen LogP) is 1.68. The fourth-order valence-electron chi connectivity index (χ4n) is 2.71. The van der Waals surface area contributed by atoms with Crippen LogP contribution in [0.2, 0.25) is 0 Å². The van der Waals surface area contributed by atoms with Gasteiger partial charge in [0, 0.05) is 12.6 Å². The molecule has 2 aromatic heterocycles. The van der Waals surface area contributed by atoms with Crippen molar-refractivity contribution < 1.29 is 9.47 Å². The van der Waals surface area contributed by atoms with Crippen molar-refractivity contribution in [3.8, 4) is 17.2 Å². The molecule has 0 spiro atoms. The monoisotopic (exact) mass is 310 g/mol. The van der Waals surface area contributed by atoms with Gasteiger partial charge in [0.2, 0.25) is 6.79 Å². The summed E-state index contributed by atoms with van der Waals surface area (Å²) < 4.78 is 13.8. The summed E-state index contributed by atoms with van der Waals surface area (Å²) in [5, 5.41) is 0. The molecule has 0 atom stereocenters. The number of hydrogen-bond acceptors (Lipinski definition) is 5. The first-order valence-corrected chi connectivity index (χ1v) is 7.08. The molecular weight excluding hydrogens is 296 g/mol. The standard InChI is InChI=1S/C16H14N4O3/c1-2-7-19-11-4-6-14(17)18-15(11)20(16(19)21)10-3-5-12-13(8-10)23-9-22-12/h2-6,8H,1,7,9H2,(H2,17,18). The minimum Gasteiger partial charge on any atom is -0.454 e. The van der Waals surface area contributed by atoms with E-state index in [2.05, 4.69) is 11.6 Å². The number of fused-ring (bicyclic) bond motifs is 2. The Balaban J connectivity index is 2.02. The summed E-state index contributed by atoms with van der Waals surface area (Å²) in [5.41, 5.74) is 7.42. The molecular formula is C16H14N4O3. The normalized spacial score (nSPS) is 12.7. The number of aromatic nitrogens is 3. The summed E-state index contributed by atoms with van der Waals surface area (Å²) in [6, 6.07) is 8.77. The second-order valence-corrected chi connectivity index (χ2v) is 5.13. The van der Waals surface area contributed by atoms with Gasteiger partial charge < -0.3 is 15.2 Å². The van der Waals surface area contributed by atoms with Gasteiger partial charge in [-0.2, -0.15) is 0 Å². The Morgan fingerprint density at radius 1 is 1.26 bits per heavy atom. The number of pyridine rings is 1. The first kappa shape index (κ1) is 13.4. The molecule has 0 fully saturated rings. The summed E-state index contributed by atoms with van der Waals surface area (Å²) in [6.07, 6.45) is 1.67. The first-order valence-electron chi connectivity index (χ1n) is 7.08. The molecule has 0 amide bonds. The minimum atomic E-state index is -0.211. The lowest BCUT2D eigenvalue weighted by Gasteiger charge is -2.04. The van der Waals surface area contributed by atoms with E-state index in [9.17, 15) is 4.79 Å². The van der Waals surface area contributed by atoms with Crippen LogP contribution in [0.25, 0.3) is 16.9 Å². The van der Waals surface area contributed by atoms with Crippen molar-refractivity contribution in [3.63, 3.8) is 0 Å². The lowest BCUT2D eigenvalue weighted by molar-refractivity contribution is 0.174. The van der Waals surface area contributed by atoms with Crippen LogP contribution in [0, 0.1) is 0 Å². The summed E-state index contributed by atoms with van der Waals surface area (Å²) >= 11 is 0. The molecule has 0 saturated carbocycles.